The molecular formula is C18H22N2O4S. The minimum absolute atomic E-state index is 0.0766. The molecule has 1 aliphatic heterocycles. The maximum absolute atomic E-state index is 11.3. The van der Waals surface area contributed by atoms with E-state index in [9.17, 15) is 8.42 Å². The Balaban J connectivity index is 1.62. The van der Waals surface area contributed by atoms with Gasteiger partial charge in [-0.1, -0.05) is 19.1 Å². The summed E-state index contributed by atoms with van der Waals surface area (Å²) in [6.45, 7) is 4.13. The number of hydrogen-bond acceptors (Lipinski definition) is 5. The van der Waals surface area contributed by atoms with E-state index < -0.39 is 10.0 Å². The molecule has 25 heavy (non-hydrogen) atoms. The number of hydrogen-bond donors (Lipinski definition) is 1. The van der Waals surface area contributed by atoms with Crippen molar-refractivity contribution in [1.82, 2.24) is 0 Å². The van der Waals surface area contributed by atoms with Gasteiger partial charge in [0.1, 0.15) is 24.2 Å². The van der Waals surface area contributed by atoms with Gasteiger partial charge in [-0.2, -0.15) is 0 Å². The minimum Gasteiger partial charge on any atom is -0.492 e. The van der Waals surface area contributed by atoms with Crippen LogP contribution in [0.1, 0.15) is 13.3 Å². The number of nitrogens with two attached hydrogens (primary N) is 1. The van der Waals surface area contributed by atoms with E-state index in [1.807, 2.05) is 24.3 Å². The van der Waals surface area contributed by atoms with Gasteiger partial charge in [0.2, 0.25) is 10.0 Å². The van der Waals surface area contributed by atoms with Crippen LogP contribution in [0.5, 0.6) is 11.5 Å². The first-order valence-electron chi connectivity index (χ1n) is 8.23. The molecule has 6 nitrogen and oxygen atoms in total. The first-order chi connectivity index (χ1) is 12.0. The molecule has 0 amide bonds. The number of fused-ring (bicyclic) bond motifs is 1. The minimum atomic E-state index is -3.68. The van der Waals surface area contributed by atoms with Crippen molar-refractivity contribution in [2.75, 3.05) is 24.6 Å². The van der Waals surface area contributed by atoms with Gasteiger partial charge in [0.15, 0.2) is 0 Å². The molecule has 0 aromatic heterocycles. The van der Waals surface area contributed by atoms with Crippen LogP contribution in [0.25, 0.3) is 0 Å². The van der Waals surface area contributed by atoms with Gasteiger partial charge < -0.3 is 14.4 Å². The third-order valence-corrected chi connectivity index (χ3v) is 5.09. The van der Waals surface area contributed by atoms with Crippen molar-refractivity contribution in [3.05, 3.63) is 48.5 Å². The summed E-state index contributed by atoms with van der Waals surface area (Å²) in [7, 11) is -3.68. The largest absolute Gasteiger partial charge is 0.492 e. The fourth-order valence-electron chi connectivity index (χ4n) is 2.80. The van der Waals surface area contributed by atoms with Gasteiger partial charge in [-0.3, -0.25) is 0 Å². The number of sulfonamides is 1. The van der Waals surface area contributed by atoms with E-state index >= 15 is 0 Å². The smallest absolute Gasteiger partial charge is 0.238 e. The van der Waals surface area contributed by atoms with Gasteiger partial charge in [0.25, 0.3) is 0 Å². The quantitative estimate of drug-likeness (QED) is 0.853. The first-order valence-corrected chi connectivity index (χ1v) is 9.78. The van der Waals surface area contributed by atoms with E-state index in [0.29, 0.717) is 18.9 Å². The zero-order valence-electron chi connectivity index (χ0n) is 14.1. The summed E-state index contributed by atoms with van der Waals surface area (Å²) in [6, 6.07) is 14.1. The van der Waals surface area contributed by atoms with Crippen molar-refractivity contribution in [2.24, 2.45) is 5.14 Å². The molecule has 0 aliphatic carbocycles. The van der Waals surface area contributed by atoms with Gasteiger partial charge in [0, 0.05) is 0 Å². The van der Waals surface area contributed by atoms with Gasteiger partial charge in [-0.25, -0.2) is 13.6 Å². The number of primary sulfonamides is 1. The average Bonchev–Trinajstić information content (AvgIpc) is 2.61. The van der Waals surface area contributed by atoms with Crippen LogP contribution in [-0.4, -0.2) is 34.2 Å². The number of benzene rings is 2. The van der Waals surface area contributed by atoms with Crippen molar-refractivity contribution in [2.45, 2.75) is 24.3 Å². The Bertz CT molecular complexity index is 821. The van der Waals surface area contributed by atoms with E-state index in [1.165, 1.54) is 12.1 Å². The lowest BCUT2D eigenvalue weighted by Crippen LogP contribution is -2.41. The van der Waals surface area contributed by atoms with Crippen molar-refractivity contribution < 1.29 is 17.9 Å². The fraction of sp³-hybridized carbons (Fsp3) is 0.333. The van der Waals surface area contributed by atoms with E-state index in [4.69, 9.17) is 14.6 Å². The summed E-state index contributed by atoms with van der Waals surface area (Å²) in [6.07, 6.45) is 1.12. The molecule has 1 heterocycles. The standard InChI is InChI=1S/C18H22N2O4S/c1-2-14-13-20(17-5-3-4-6-18(17)24-14)11-12-23-15-7-9-16(10-8-15)25(19,21)22/h3-10,14H,2,11-13H2,1H3,(H2,19,21,22). The molecule has 2 N–H and O–H groups in total. The Morgan fingerprint density at radius 3 is 2.60 bits per heavy atom. The number of anilines is 1. The molecule has 7 heteroatoms. The van der Waals surface area contributed by atoms with Crippen molar-refractivity contribution >= 4 is 15.7 Å². The summed E-state index contributed by atoms with van der Waals surface area (Å²) >= 11 is 0. The Morgan fingerprint density at radius 1 is 1.20 bits per heavy atom. The van der Waals surface area contributed by atoms with Crippen LogP contribution in [0.4, 0.5) is 5.69 Å². The molecule has 0 bridgehead atoms. The van der Waals surface area contributed by atoms with Crippen LogP contribution in [0, 0.1) is 0 Å². The highest BCUT2D eigenvalue weighted by Crippen LogP contribution is 2.33. The van der Waals surface area contributed by atoms with Crippen LogP contribution < -0.4 is 19.5 Å². The molecule has 0 radical (unpaired) electrons. The van der Waals surface area contributed by atoms with E-state index in [-0.39, 0.29) is 11.0 Å². The second-order valence-corrected chi connectivity index (χ2v) is 7.49. The Kier molecular flexibility index (Phi) is 5.15. The number of para-hydroxylation sites is 2. The molecule has 1 aliphatic rings. The molecule has 0 fully saturated rings. The molecule has 3 rings (SSSR count). The molecule has 0 saturated heterocycles. The van der Waals surface area contributed by atoms with Gasteiger partial charge in [0.05, 0.1) is 23.7 Å². The molecule has 0 spiro atoms. The third-order valence-electron chi connectivity index (χ3n) is 4.16. The summed E-state index contributed by atoms with van der Waals surface area (Å²) in [5.74, 6) is 1.51. The summed E-state index contributed by atoms with van der Waals surface area (Å²) < 4.78 is 34.2. The Morgan fingerprint density at radius 2 is 1.92 bits per heavy atom. The number of nitrogens with zero attached hydrogens (tertiary/aromatic N) is 1. The second-order valence-electron chi connectivity index (χ2n) is 5.93. The predicted octanol–water partition coefficient (Wildman–Crippen LogP) is 2.39. The van der Waals surface area contributed by atoms with E-state index in [1.54, 1.807) is 12.1 Å². The maximum atomic E-state index is 11.3. The second kappa shape index (κ2) is 7.33. The van der Waals surface area contributed by atoms with E-state index in [2.05, 4.69) is 11.8 Å². The first kappa shape index (κ1) is 17.6. The fourth-order valence-corrected chi connectivity index (χ4v) is 3.32. The Labute approximate surface area is 148 Å². The monoisotopic (exact) mass is 362 g/mol. The number of rotatable bonds is 6. The number of ether oxygens (including phenoxy) is 2. The van der Waals surface area contributed by atoms with Gasteiger partial charge in [-0.05, 0) is 42.8 Å². The molecular weight excluding hydrogens is 340 g/mol. The molecule has 0 saturated carbocycles. The maximum Gasteiger partial charge on any atom is 0.238 e. The highest BCUT2D eigenvalue weighted by molar-refractivity contribution is 7.89. The molecule has 1 unspecified atom stereocenters. The zero-order chi connectivity index (χ0) is 17.9. The van der Waals surface area contributed by atoms with Crippen LogP contribution in [0.2, 0.25) is 0 Å². The van der Waals surface area contributed by atoms with Crippen molar-refractivity contribution in [3.63, 3.8) is 0 Å². The zero-order valence-corrected chi connectivity index (χ0v) is 14.9. The topological polar surface area (TPSA) is 81.9 Å². The molecule has 2 aromatic rings. The van der Waals surface area contributed by atoms with E-state index in [0.717, 1.165) is 24.4 Å². The van der Waals surface area contributed by atoms with Gasteiger partial charge >= 0.3 is 0 Å². The summed E-state index contributed by atoms with van der Waals surface area (Å²) in [5, 5.41) is 5.09. The highest BCUT2D eigenvalue weighted by atomic mass is 32.2. The lowest BCUT2D eigenvalue weighted by Gasteiger charge is -2.35. The summed E-state index contributed by atoms with van der Waals surface area (Å²) in [4.78, 5) is 2.33. The SMILES string of the molecule is CCC1CN(CCOc2ccc(S(N)(=O)=O)cc2)c2ccccc2O1. The molecule has 1 atom stereocenters. The van der Waals surface area contributed by atoms with Crippen molar-refractivity contribution in [3.8, 4) is 11.5 Å². The van der Waals surface area contributed by atoms with Crippen LogP contribution in [0.15, 0.2) is 53.4 Å². The normalized spacial score (nSPS) is 16.9. The highest BCUT2D eigenvalue weighted by Gasteiger charge is 2.23. The van der Waals surface area contributed by atoms with Crippen LogP contribution in [-0.2, 0) is 10.0 Å². The summed E-state index contributed by atoms with van der Waals surface area (Å²) in [5.41, 5.74) is 1.07. The Hall–Kier alpha value is -2.25. The predicted molar refractivity (Wildman–Crippen MR) is 96.7 cm³/mol. The van der Waals surface area contributed by atoms with Crippen LogP contribution in [0.3, 0.4) is 0 Å². The molecule has 134 valence electrons. The lowest BCUT2D eigenvalue weighted by atomic mass is 10.1. The lowest BCUT2D eigenvalue weighted by molar-refractivity contribution is 0.186. The van der Waals surface area contributed by atoms with Gasteiger partial charge in [-0.15, -0.1) is 0 Å². The average molecular weight is 362 g/mol. The van der Waals surface area contributed by atoms with Crippen molar-refractivity contribution in [1.29, 1.82) is 0 Å². The van der Waals surface area contributed by atoms with Crippen LogP contribution >= 0.6 is 0 Å². The molecule has 2 aromatic carbocycles. The third kappa shape index (κ3) is 4.24.